The van der Waals surface area contributed by atoms with E-state index in [1.165, 1.54) is 11.1 Å². The Morgan fingerprint density at radius 1 is 1.24 bits per heavy atom. The lowest BCUT2D eigenvalue weighted by Gasteiger charge is -2.26. The minimum atomic E-state index is 0.421. The third kappa shape index (κ3) is 2.99. The van der Waals surface area contributed by atoms with Crippen LogP contribution in [0.3, 0.4) is 0 Å². The summed E-state index contributed by atoms with van der Waals surface area (Å²) in [5.41, 5.74) is 9.98. The number of nitrogens with zero attached hydrogens (tertiary/aromatic N) is 2. The summed E-state index contributed by atoms with van der Waals surface area (Å²) in [7, 11) is 0. The van der Waals surface area contributed by atoms with Crippen molar-refractivity contribution in [3.63, 3.8) is 0 Å². The van der Waals surface area contributed by atoms with Gasteiger partial charge in [-0.3, -0.25) is 0 Å². The Balaban J connectivity index is 1.78. The summed E-state index contributed by atoms with van der Waals surface area (Å²) in [5.74, 6) is 1.51. The highest BCUT2D eigenvalue weighted by Crippen LogP contribution is 2.25. The molecular weight excluding hydrogens is 260 g/mol. The molecule has 1 heterocycles. The summed E-state index contributed by atoms with van der Waals surface area (Å²) in [6.45, 7) is 2.15. The van der Waals surface area contributed by atoms with Gasteiger partial charge in [0.15, 0.2) is 0 Å². The summed E-state index contributed by atoms with van der Waals surface area (Å²) in [6, 6.07) is 9.12. The summed E-state index contributed by atoms with van der Waals surface area (Å²) >= 11 is 0. The highest BCUT2D eigenvalue weighted by molar-refractivity contribution is 5.55. The Kier molecular flexibility index (Phi) is 4.04. The van der Waals surface area contributed by atoms with E-state index < -0.39 is 0 Å². The molecule has 0 bridgehead atoms. The fourth-order valence-corrected chi connectivity index (χ4v) is 3.06. The topological polar surface area (TPSA) is 63.8 Å². The van der Waals surface area contributed by atoms with Gasteiger partial charge in [0.25, 0.3) is 0 Å². The van der Waals surface area contributed by atoms with E-state index in [4.69, 9.17) is 5.73 Å². The van der Waals surface area contributed by atoms with Gasteiger partial charge in [0, 0.05) is 11.6 Å². The van der Waals surface area contributed by atoms with Crippen molar-refractivity contribution in [1.29, 1.82) is 0 Å². The number of nitrogen functional groups attached to an aromatic ring is 1. The van der Waals surface area contributed by atoms with Gasteiger partial charge in [0.05, 0.1) is 0 Å². The van der Waals surface area contributed by atoms with Crippen molar-refractivity contribution in [2.24, 2.45) is 0 Å². The van der Waals surface area contributed by atoms with Gasteiger partial charge in [-0.15, -0.1) is 0 Å². The van der Waals surface area contributed by atoms with Crippen LogP contribution in [0.1, 0.15) is 36.5 Å². The summed E-state index contributed by atoms with van der Waals surface area (Å²) in [6.07, 6.45) is 6.81. The molecule has 1 aromatic carbocycles. The van der Waals surface area contributed by atoms with E-state index in [9.17, 15) is 0 Å². The molecule has 21 heavy (non-hydrogen) atoms. The minimum absolute atomic E-state index is 0.421. The maximum Gasteiger partial charge on any atom is 0.134 e. The van der Waals surface area contributed by atoms with Crippen LogP contribution < -0.4 is 11.1 Å². The number of fused-ring (bicyclic) bond motifs is 1. The molecular formula is C17H22N4. The summed E-state index contributed by atoms with van der Waals surface area (Å²) in [5, 5.41) is 3.58. The van der Waals surface area contributed by atoms with Crippen LogP contribution in [0.5, 0.6) is 0 Å². The Hall–Kier alpha value is -2.10. The normalized spacial score (nSPS) is 17.3. The number of aromatic nitrogens is 2. The van der Waals surface area contributed by atoms with Crippen LogP contribution >= 0.6 is 0 Å². The quantitative estimate of drug-likeness (QED) is 0.905. The first kappa shape index (κ1) is 13.9. The molecule has 3 N–H and O–H groups in total. The molecule has 1 aromatic heterocycles. The van der Waals surface area contributed by atoms with Crippen molar-refractivity contribution in [1.82, 2.24) is 9.97 Å². The lowest BCUT2D eigenvalue weighted by Crippen LogP contribution is -2.28. The SMILES string of the molecule is CCCc1c(N)ncnc1NC1CCc2ccccc2C1. The largest absolute Gasteiger partial charge is 0.383 e. The first-order chi connectivity index (χ1) is 10.3. The molecule has 1 atom stereocenters. The number of aryl methyl sites for hydroxylation is 1. The van der Waals surface area contributed by atoms with E-state index in [1.807, 2.05) is 0 Å². The third-order valence-electron chi connectivity index (χ3n) is 4.17. The second kappa shape index (κ2) is 6.12. The molecule has 1 unspecified atom stereocenters. The second-order valence-electron chi connectivity index (χ2n) is 5.69. The third-order valence-corrected chi connectivity index (χ3v) is 4.17. The molecule has 110 valence electrons. The van der Waals surface area contributed by atoms with Crippen LogP contribution in [0.25, 0.3) is 0 Å². The Bertz CT molecular complexity index is 624. The number of hydrogen-bond acceptors (Lipinski definition) is 4. The molecule has 4 nitrogen and oxygen atoms in total. The minimum Gasteiger partial charge on any atom is -0.383 e. The average molecular weight is 282 g/mol. The second-order valence-corrected chi connectivity index (χ2v) is 5.69. The van der Waals surface area contributed by atoms with Gasteiger partial charge in [-0.1, -0.05) is 37.6 Å². The number of nitrogens with one attached hydrogen (secondary N) is 1. The first-order valence-corrected chi connectivity index (χ1v) is 7.70. The predicted molar refractivity (Wildman–Crippen MR) is 86.3 cm³/mol. The predicted octanol–water partition coefficient (Wildman–Crippen LogP) is 2.98. The summed E-state index contributed by atoms with van der Waals surface area (Å²) in [4.78, 5) is 8.52. The number of anilines is 2. The van der Waals surface area contributed by atoms with E-state index in [-0.39, 0.29) is 0 Å². The van der Waals surface area contributed by atoms with Crippen molar-refractivity contribution in [2.45, 2.75) is 45.1 Å². The van der Waals surface area contributed by atoms with Crippen molar-refractivity contribution < 1.29 is 0 Å². The number of nitrogens with two attached hydrogens (primary N) is 1. The van der Waals surface area contributed by atoms with Crippen LogP contribution in [0, 0.1) is 0 Å². The van der Waals surface area contributed by atoms with E-state index in [1.54, 1.807) is 6.33 Å². The van der Waals surface area contributed by atoms with E-state index in [0.717, 1.165) is 43.5 Å². The van der Waals surface area contributed by atoms with E-state index in [0.29, 0.717) is 11.9 Å². The van der Waals surface area contributed by atoms with E-state index in [2.05, 4.69) is 46.5 Å². The molecule has 0 aliphatic heterocycles. The lowest BCUT2D eigenvalue weighted by atomic mass is 9.88. The zero-order valence-electron chi connectivity index (χ0n) is 12.5. The standard InChI is InChI=1S/C17H22N4/c1-2-5-15-16(18)19-11-20-17(15)21-14-9-8-12-6-3-4-7-13(12)10-14/h3-4,6-7,11,14H,2,5,8-10H2,1H3,(H3,18,19,20,21). The fraction of sp³-hybridized carbons (Fsp3) is 0.412. The molecule has 4 heteroatoms. The Labute approximate surface area is 125 Å². The van der Waals surface area contributed by atoms with Crippen molar-refractivity contribution in [2.75, 3.05) is 11.1 Å². The molecule has 0 radical (unpaired) electrons. The number of benzene rings is 1. The van der Waals surface area contributed by atoms with Crippen LogP contribution in [0.2, 0.25) is 0 Å². The highest BCUT2D eigenvalue weighted by Gasteiger charge is 2.20. The smallest absolute Gasteiger partial charge is 0.134 e. The maximum absolute atomic E-state index is 6.00. The molecule has 0 amide bonds. The zero-order valence-corrected chi connectivity index (χ0v) is 12.5. The van der Waals surface area contributed by atoms with Crippen LogP contribution in [0.4, 0.5) is 11.6 Å². The maximum atomic E-state index is 6.00. The highest BCUT2D eigenvalue weighted by atomic mass is 15.1. The fourth-order valence-electron chi connectivity index (χ4n) is 3.06. The van der Waals surface area contributed by atoms with Gasteiger partial charge in [-0.2, -0.15) is 0 Å². The van der Waals surface area contributed by atoms with Gasteiger partial charge in [0.2, 0.25) is 0 Å². The molecule has 2 aromatic rings. The van der Waals surface area contributed by atoms with Crippen LogP contribution in [-0.2, 0) is 19.3 Å². The number of hydrogen-bond donors (Lipinski definition) is 2. The van der Waals surface area contributed by atoms with Crippen LogP contribution in [-0.4, -0.2) is 16.0 Å². The molecule has 3 rings (SSSR count). The average Bonchev–Trinajstić information content (AvgIpc) is 2.51. The molecule has 0 saturated carbocycles. The van der Waals surface area contributed by atoms with Gasteiger partial charge in [-0.25, -0.2) is 9.97 Å². The van der Waals surface area contributed by atoms with Gasteiger partial charge in [-0.05, 0) is 36.8 Å². The summed E-state index contributed by atoms with van der Waals surface area (Å²) < 4.78 is 0. The monoisotopic (exact) mass is 282 g/mol. The van der Waals surface area contributed by atoms with Gasteiger partial charge in [0.1, 0.15) is 18.0 Å². The molecule has 1 aliphatic rings. The molecule has 0 spiro atoms. The van der Waals surface area contributed by atoms with E-state index >= 15 is 0 Å². The zero-order chi connectivity index (χ0) is 14.7. The molecule has 0 saturated heterocycles. The van der Waals surface area contributed by atoms with Gasteiger partial charge < -0.3 is 11.1 Å². The number of rotatable bonds is 4. The van der Waals surface area contributed by atoms with Crippen LogP contribution in [0.15, 0.2) is 30.6 Å². The van der Waals surface area contributed by atoms with Gasteiger partial charge >= 0.3 is 0 Å². The Morgan fingerprint density at radius 3 is 2.86 bits per heavy atom. The first-order valence-electron chi connectivity index (χ1n) is 7.70. The van der Waals surface area contributed by atoms with Crippen molar-refractivity contribution in [3.8, 4) is 0 Å². The molecule has 1 aliphatic carbocycles. The Morgan fingerprint density at radius 2 is 2.05 bits per heavy atom. The molecule has 0 fully saturated rings. The van der Waals surface area contributed by atoms with Crippen molar-refractivity contribution in [3.05, 3.63) is 47.3 Å². The van der Waals surface area contributed by atoms with Crippen molar-refractivity contribution >= 4 is 11.6 Å². The lowest BCUT2D eigenvalue weighted by molar-refractivity contribution is 0.607.